The molecule has 0 saturated heterocycles. The molecule has 0 fully saturated rings. The summed E-state index contributed by atoms with van der Waals surface area (Å²) in [6, 6.07) is 1.67. The zero-order chi connectivity index (χ0) is 34.9. The molecule has 1 aliphatic rings. The Morgan fingerprint density at radius 2 is 1.73 bits per heavy atom. The maximum Gasteiger partial charge on any atom is 0.343 e. The molecule has 1 amide bonds. The quantitative estimate of drug-likeness (QED) is 0.0862. The van der Waals surface area contributed by atoms with Gasteiger partial charge in [-0.3, -0.25) is 19.2 Å². The third kappa shape index (κ3) is 6.48. The van der Waals surface area contributed by atoms with Crippen LogP contribution in [0.1, 0.15) is 50.4 Å². The number of aromatic hydroxyl groups is 4. The molecule has 0 unspecified atom stereocenters. The molecular formula is C30H24N4O14. The zero-order valence-corrected chi connectivity index (χ0v) is 24.4. The number of nitrogens with one attached hydrogen (secondary N) is 1. The van der Waals surface area contributed by atoms with Crippen LogP contribution < -0.4 is 10.7 Å². The minimum atomic E-state index is -1.47. The maximum absolute atomic E-state index is 13.7. The number of phenols is 4. The van der Waals surface area contributed by atoms with Crippen LogP contribution >= 0.6 is 0 Å². The molecule has 48 heavy (non-hydrogen) atoms. The number of hydrogen-bond donors (Lipinski definition) is 7. The summed E-state index contributed by atoms with van der Waals surface area (Å²) in [5.41, 5.74) is -2.15. The fourth-order valence-electron chi connectivity index (χ4n) is 4.94. The van der Waals surface area contributed by atoms with Gasteiger partial charge in [0.2, 0.25) is 11.3 Å². The molecule has 248 valence electrons. The number of aromatic nitrogens is 3. The average Bonchev–Trinajstić information content (AvgIpc) is 3.47. The van der Waals surface area contributed by atoms with Crippen LogP contribution in [0.2, 0.25) is 0 Å². The molecule has 0 radical (unpaired) electrons. The van der Waals surface area contributed by atoms with Crippen molar-refractivity contribution < 1.29 is 63.8 Å². The molecule has 7 N–H and O–H groups in total. The van der Waals surface area contributed by atoms with Gasteiger partial charge in [0.25, 0.3) is 0 Å². The van der Waals surface area contributed by atoms with Crippen molar-refractivity contribution in [2.45, 2.75) is 38.5 Å². The summed E-state index contributed by atoms with van der Waals surface area (Å²) in [5, 5.41) is 67.5. The van der Waals surface area contributed by atoms with Crippen LogP contribution in [0.25, 0.3) is 16.5 Å². The van der Waals surface area contributed by atoms with Gasteiger partial charge < -0.3 is 45.1 Å². The first kappa shape index (κ1) is 32.7. The number of fused-ring (bicyclic) bond motifs is 2. The number of allylic oxidation sites excluding steroid dienone is 2. The lowest BCUT2D eigenvalue weighted by atomic mass is 9.86. The highest BCUT2D eigenvalue weighted by molar-refractivity contribution is 6.30. The summed E-state index contributed by atoms with van der Waals surface area (Å²) < 4.78 is 11.6. The van der Waals surface area contributed by atoms with E-state index < -0.39 is 94.6 Å². The summed E-state index contributed by atoms with van der Waals surface area (Å²) in [6.07, 6.45) is 2.73. The number of amides is 1. The number of carboxylic acids is 2. The Hall–Kier alpha value is -6.72. The van der Waals surface area contributed by atoms with Crippen molar-refractivity contribution >= 4 is 46.1 Å². The molecule has 5 rings (SSSR count). The SMILES string of the molecule is O=C(O)CC[C@H](NC(=O)Cn1cc(COC(=O)c2c(O)c(O)cc3occ(C4=CCc5cc(O)c(O)cc5C4=O)c(=O)c23)nn1)C(=O)O. The number of ketones is 1. The Balaban J connectivity index is 1.36. The van der Waals surface area contributed by atoms with E-state index in [9.17, 15) is 54.3 Å². The smallest absolute Gasteiger partial charge is 0.343 e. The third-order valence-electron chi connectivity index (χ3n) is 7.25. The number of phenolic OH excluding ortho intramolecular Hbond substituents is 4. The second-order valence-electron chi connectivity index (χ2n) is 10.5. The van der Waals surface area contributed by atoms with Crippen LogP contribution in [-0.2, 0) is 38.7 Å². The van der Waals surface area contributed by atoms with Crippen LogP contribution in [0.15, 0.2) is 45.9 Å². The number of carboxylic acid groups (broad SMARTS) is 2. The van der Waals surface area contributed by atoms with E-state index in [1.54, 1.807) is 0 Å². The molecule has 1 atom stereocenters. The van der Waals surface area contributed by atoms with Gasteiger partial charge in [-0.15, -0.1) is 5.10 Å². The molecule has 0 spiro atoms. The maximum atomic E-state index is 13.7. The van der Waals surface area contributed by atoms with Crippen LogP contribution in [0.4, 0.5) is 0 Å². The second-order valence-corrected chi connectivity index (χ2v) is 10.5. The summed E-state index contributed by atoms with van der Waals surface area (Å²) in [4.78, 5) is 74.5. The zero-order valence-electron chi connectivity index (χ0n) is 24.4. The number of ether oxygens (including phenoxy) is 1. The Morgan fingerprint density at radius 1 is 1.00 bits per heavy atom. The standard InChI is InChI=1S/C30H24N4O14/c35-18-5-12-1-2-14(26(41)15(12)6-19(18)36)16-11-47-21-7-20(37)28(43)25(24(21)27(16)42)30(46)48-10-13-8-34(33-32-13)9-22(38)31-17(29(44)45)3-4-23(39)40/h2,5-8,11,17,35-37,43H,1,3-4,9-10H2,(H,31,38)(H,39,40)(H,44,45)/t17-/m0/s1. The van der Waals surface area contributed by atoms with Gasteiger partial charge >= 0.3 is 17.9 Å². The number of rotatable bonds is 11. The first-order valence-corrected chi connectivity index (χ1v) is 13.9. The first-order chi connectivity index (χ1) is 22.7. The number of nitrogens with zero attached hydrogens (tertiary/aromatic N) is 3. The molecule has 2 aromatic carbocycles. The summed E-state index contributed by atoms with van der Waals surface area (Å²) in [5.74, 6) is -8.37. The van der Waals surface area contributed by atoms with Crippen molar-refractivity contribution in [3.05, 3.63) is 74.9 Å². The highest BCUT2D eigenvalue weighted by Crippen LogP contribution is 2.38. The van der Waals surface area contributed by atoms with Crippen molar-refractivity contribution in [3.8, 4) is 23.0 Å². The minimum Gasteiger partial charge on any atom is -0.504 e. The monoisotopic (exact) mass is 664 g/mol. The second kappa shape index (κ2) is 12.9. The number of carbonyl (C=O) groups is 5. The lowest BCUT2D eigenvalue weighted by molar-refractivity contribution is -0.143. The van der Waals surface area contributed by atoms with Crippen molar-refractivity contribution in [2.75, 3.05) is 0 Å². The largest absolute Gasteiger partial charge is 0.504 e. The number of esters is 1. The van der Waals surface area contributed by atoms with Crippen LogP contribution in [-0.4, -0.2) is 81.3 Å². The number of aliphatic carboxylic acids is 2. The minimum absolute atomic E-state index is 0.0147. The van der Waals surface area contributed by atoms with Gasteiger partial charge in [-0.2, -0.15) is 0 Å². The molecular weight excluding hydrogens is 640 g/mol. The topological polar surface area (TPSA) is 289 Å². The van der Waals surface area contributed by atoms with E-state index >= 15 is 0 Å². The molecule has 4 aromatic rings. The van der Waals surface area contributed by atoms with Crippen LogP contribution in [0, 0.1) is 0 Å². The highest BCUT2D eigenvalue weighted by Gasteiger charge is 2.30. The molecule has 18 nitrogen and oxygen atoms in total. The Labute approximate surface area is 266 Å². The molecule has 0 bridgehead atoms. The fraction of sp³-hybridized carbons (Fsp3) is 0.200. The number of benzene rings is 2. The summed E-state index contributed by atoms with van der Waals surface area (Å²) >= 11 is 0. The average molecular weight is 665 g/mol. The number of carbonyl (C=O) groups excluding carboxylic acids is 3. The van der Waals surface area contributed by atoms with Gasteiger partial charge in [0.05, 0.1) is 17.1 Å². The van der Waals surface area contributed by atoms with E-state index in [1.807, 2.05) is 0 Å². The molecule has 0 saturated carbocycles. The van der Waals surface area contributed by atoms with Gasteiger partial charge in [-0.1, -0.05) is 11.3 Å². The van der Waals surface area contributed by atoms with Gasteiger partial charge in [-0.25, -0.2) is 14.3 Å². The predicted octanol–water partition coefficient (Wildman–Crippen LogP) is 0.820. The van der Waals surface area contributed by atoms with Gasteiger partial charge in [0.1, 0.15) is 42.3 Å². The van der Waals surface area contributed by atoms with E-state index in [2.05, 4.69) is 15.6 Å². The number of Topliss-reactive ketones (excluding diaryl/α,β-unsaturated/α-hetero) is 1. The molecule has 0 aliphatic heterocycles. The van der Waals surface area contributed by atoms with Crippen LogP contribution in [0.5, 0.6) is 23.0 Å². The van der Waals surface area contributed by atoms with Crippen molar-refractivity contribution in [3.63, 3.8) is 0 Å². The Bertz CT molecular complexity index is 2110. The Morgan fingerprint density at radius 3 is 2.44 bits per heavy atom. The fourth-order valence-corrected chi connectivity index (χ4v) is 4.94. The third-order valence-corrected chi connectivity index (χ3v) is 7.25. The number of hydrogen-bond acceptors (Lipinski definition) is 14. The van der Waals surface area contributed by atoms with E-state index in [0.29, 0.717) is 5.56 Å². The van der Waals surface area contributed by atoms with Crippen molar-refractivity contribution in [1.29, 1.82) is 0 Å². The Kier molecular flexibility index (Phi) is 8.81. The first-order valence-electron chi connectivity index (χ1n) is 13.9. The highest BCUT2D eigenvalue weighted by atomic mass is 16.5. The van der Waals surface area contributed by atoms with E-state index in [-0.39, 0.29) is 40.8 Å². The van der Waals surface area contributed by atoms with E-state index in [1.165, 1.54) is 18.3 Å². The van der Waals surface area contributed by atoms with Gasteiger partial charge in [0, 0.05) is 23.6 Å². The van der Waals surface area contributed by atoms with Crippen molar-refractivity contribution in [1.82, 2.24) is 20.3 Å². The van der Waals surface area contributed by atoms with E-state index in [4.69, 9.17) is 14.3 Å². The van der Waals surface area contributed by atoms with E-state index in [0.717, 1.165) is 23.1 Å². The predicted molar refractivity (Wildman–Crippen MR) is 157 cm³/mol. The molecule has 2 heterocycles. The summed E-state index contributed by atoms with van der Waals surface area (Å²) in [6.45, 7) is -1.14. The van der Waals surface area contributed by atoms with Gasteiger partial charge in [-0.05, 0) is 30.5 Å². The summed E-state index contributed by atoms with van der Waals surface area (Å²) in [7, 11) is 0. The van der Waals surface area contributed by atoms with Gasteiger partial charge in [0.15, 0.2) is 28.8 Å². The normalized spacial score (nSPS) is 13.0. The molecule has 1 aliphatic carbocycles. The molecule has 18 heteroatoms. The molecule has 2 aromatic heterocycles. The lowest BCUT2D eigenvalue weighted by Crippen LogP contribution is -2.42. The van der Waals surface area contributed by atoms with Crippen LogP contribution in [0.3, 0.4) is 0 Å². The van der Waals surface area contributed by atoms with Crippen molar-refractivity contribution in [2.24, 2.45) is 0 Å². The lowest BCUT2D eigenvalue weighted by Gasteiger charge is -2.17.